The molecule has 0 fully saturated rings. The van der Waals surface area contributed by atoms with Gasteiger partial charge in [-0.3, -0.25) is 9.88 Å². The zero-order chi connectivity index (χ0) is 29.7. The first-order chi connectivity index (χ1) is 18.5. The minimum atomic E-state index is -3.26. The summed E-state index contributed by atoms with van der Waals surface area (Å²) in [6.45, 7) is 5.99. The largest absolute Gasteiger partial charge is 0.482 e. The van der Waals surface area contributed by atoms with E-state index < -0.39 is 50.9 Å². The van der Waals surface area contributed by atoms with Crippen LogP contribution in [-0.2, 0) is 40.7 Å². The normalized spacial score (nSPS) is 14.5. The molecular weight excluding hydrogens is 529 g/mol. The molecule has 0 bridgehead atoms. The van der Waals surface area contributed by atoms with E-state index >= 15 is 0 Å². The molecule has 0 amide bonds. The molecule has 39 heavy (non-hydrogen) atoms. The highest BCUT2D eigenvalue weighted by Crippen LogP contribution is 2.46. The topological polar surface area (TPSA) is 153 Å². The van der Waals surface area contributed by atoms with E-state index in [0.29, 0.717) is 30.6 Å². The van der Waals surface area contributed by atoms with Gasteiger partial charge in [0.1, 0.15) is 17.3 Å². The number of aliphatic hydroxyl groups excluding tert-OH is 3. The van der Waals surface area contributed by atoms with Crippen molar-refractivity contribution in [3.05, 3.63) is 47.6 Å². The van der Waals surface area contributed by atoms with Crippen LogP contribution < -0.4 is 10.1 Å². The molecule has 1 aromatic rings. The molecule has 0 heterocycles. The number of ether oxygens (including phenoxy) is 3. The van der Waals surface area contributed by atoms with Crippen LogP contribution in [0.3, 0.4) is 0 Å². The van der Waals surface area contributed by atoms with Gasteiger partial charge in [-0.05, 0) is 62.4 Å². The Kier molecular flexibility index (Phi) is 14.8. The number of hydrogen-bond acceptors (Lipinski definition) is 11. The molecule has 0 aliphatic rings. The van der Waals surface area contributed by atoms with E-state index in [9.17, 15) is 24.7 Å². The third-order valence-electron chi connectivity index (χ3n) is 6.82. The van der Waals surface area contributed by atoms with Gasteiger partial charge < -0.3 is 38.6 Å². The highest BCUT2D eigenvalue weighted by Gasteiger charge is 2.38. The van der Waals surface area contributed by atoms with Crippen LogP contribution in [0.25, 0.3) is 0 Å². The third kappa shape index (κ3) is 9.92. The quantitative estimate of drug-likeness (QED) is 0.0785. The molecule has 1 rings (SSSR count). The fourth-order valence-electron chi connectivity index (χ4n) is 3.93. The molecule has 0 spiro atoms. The van der Waals surface area contributed by atoms with Crippen molar-refractivity contribution in [2.24, 2.45) is 0 Å². The standard InChI is InChI=1S/C27H44NO10P/c1-8-26(3,20(2)28-27(17-30,18-31)19-32)38-24-14-21(9-10-23(16-29)25(34-4)35-5)13-22(15-24)11-12-39(33,36-6)37-7/h8,13-15,20,25,28,30-32H,1,9-12,17-19H2,2-7H3. The monoisotopic (exact) mass is 573 g/mol. The Morgan fingerprint density at radius 1 is 1.05 bits per heavy atom. The molecule has 2 atom stereocenters. The lowest BCUT2D eigenvalue weighted by Gasteiger charge is -2.40. The Balaban J connectivity index is 3.37. The number of rotatable bonds is 20. The molecule has 0 saturated heterocycles. The van der Waals surface area contributed by atoms with E-state index in [-0.39, 0.29) is 6.16 Å². The van der Waals surface area contributed by atoms with E-state index in [0.717, 1.165) is 11.1 Å². The predicted octanol–water partition coefficient (Wildman–Crippen LogP) is 2.04. The number of aliphatic hydroxyl groups is 3. The Morgan fingerprint density at radius 3 is 2.03 bits per heavy atom. The van der Waals surface area contributed by atoms with Gasteiger partial charge in [0.05, 0.1) is 37.1 Å². The van der Waals surface area contributed by atoms with E-state index in [1.54, 1.807) is 26.0 Å². The van der Waals surface area contributed by atoms with Crippen LogP contribution in [0.2, 0.25) is 0 Å². The van der Waals surface area contributed by atoms with Crippen LogP contribution >= 0.6 is 7.60 Å². The van der Waals surface area contributed by atoms with Gasteiger partial charge in [0.2, 0.25) is 0 Å². The SMILES string of the molecule is C=CC(C)(Oc1cc(CCC(=C=O)C(OC)OC)cc(CCP(=O)(OC)OC)c1)C(C)NC(CO)(CO)CO. The van der Waals surface area contributed by atoms with Crippen LogP contribution in [0.5, 0.6) is 5.75 Å². The van der Waals surface area contributed by atoms with Gasteiger partial charge in [-0.1, -0.05) is 12.6 Å². The molecule has 222 valence electrons. The molecule has 0 aromatic heterocycles. The summed E-state index contributed by atoms with van der Waals surface area (Å²) >= 11 is 0. The van der Waals surface area contributed by atoms with Gasteiger partial charge in [-0.25, -0.2) is 4.79 Å². The molecule has 0 aliphatic heterocycles. The second kappa shape index (κ2) is 16.4. The maximum absolute atomic E-state index is 12.6. The number of methoxy groups -OCH3 is 2. The van der Waals surface area contributed by atoms with Crippen molar-refractivity contribution >= 4 is 13.5 Å². The summed E-state index contributed by atoms with van der Waals surface area (Å²) in [5.41, 5.74) is -0.421. The first-order valence-electron chi connectivity index (χ1n) is 12.5. The van der Waals surface area contributed by atoms with Crippen molar-refractivity contribution in [3.8, 4) is 5.75 Å². The third-order valence-corrected chi connectivity index (χ3v) is 8.70. The number of carbonyl (C=O) groups excluding carboxylic acids is 1. The Bertz CT molecular complexity index is 988. The fraction of sp³-hybridized carbons (Fsp3) is 0.630. The maximum atomic E-state index is 12.6. The zero-order valence-corrected chi connectivity index (χ0v) is 24.7. The second-order valence-electron chi connectivity index (χ2n) is 9.48. The minimum absolute atomic E-state index is 0.139. The Morgan fingerprint density at radius 2 is 1.59 bits per heavy atom. The first-order valence-corrected chi connectivity index (χ1v) is 14.3. The highest BCUT2D eigenvalue weighted by molar-refractivity contribution is 7.53. The Hall–Kier alpha value is -1.88. The summed E-state index contributed by atoms with van der Waals surface area (Å²) < 4.78 is 39.5. The van der Waals surface area contributed by atoms with Crippen molar-refractivity contribution in [3.63, 3.8) is 0 Å². The average Bonchev–Trinajstić information content (AvgIpc) is 2.96. The molecular formula is C27H44NO10P. The lowest BCUT2D eigenvalue weighted by Crippen LogP contribution is -2.63. The van der Waals surface area contributed by atoms with E-state index in [1.807, 2.05) is 18.1 Å². The first kappa shape index (κ1) is 35.1. The molecule has 11 nitrogen and oxygen atoms in total. The van der Waals surface area contributed by atoms with Crippen molar-refractivity contribution in [2.45, 2.75) is 56.6 Å². The molecule has 0 aliphatic carbocycles. The van der Waals surface area contributed by atoms with E-state index in [1.165, 1.54) is 28.4 Å². The van der Waals surface area contributed by atoms with Crippen molar-refractivity contribution in [2.75, 3.05) is 54.4 Å². The van der Waals surface area contributed by atoms with Gasteiger partial charge in [-0.2, -0.15) is 0 Å². The van der Waals surface area contributed by atoms with Gasteiger partial charge in [0.15, 0.2) is 6.29 Å². The van der Waals surface area contributed by atoms with E-state index in [4.69, 9.17) is 23.3 Å². The number of aryl methyl sites for hydroxylation is 2. The smallest absolute Gasteiger partial charge is 0.330 e. The molecule has 1 aromatic carbocycles. The molecule has 4 N–H and O–H groups in total. The average molecular weight is 574 g/mol. The molecule has 0 saturated carbocycles. The van der Waals surface area contributed by atoms with Gasteiger partial charge in [-0.15, -0.1) is 0 Å². The maximum Gasteiger partial charge on any atom is 0.330 e. The van der Waals surface area contributed by atoms with Crippen molar-refractivity contribution in [1.82, 2.24) is 5.32 Å². The highest BCUT2D eigenvalue weighted by atomic mass is 31.2. The summed E-state index contributed by atoms with van der Waals surface area (Å²) in [6.07, 6.45) is 2.03. The number of nitrogens with one attached hydrogen (secondary N) is 1. The van der Waals surface area contributed by atoms with Crippen LogP contribution in [-0.4, -0.2) is 99.2 Å². The number of hydrogen-bond donors (Lipinski definition) is 4. The summed E-state index contributed by atoms with van der Waals surface area (Å²) in [5, 5.41) is 32.3. The summed E-state index contributed by atoms with van der Waals surface area (Å²) in [7, 11) is 2.28. The minimum Gasteiger partial charge on any atom is -0.482 e. The van der Waals surface area contributed by atoms with Crippen molar-refractivity contribution in [1.29, 1.82) is 0 Å². The van der Waals surface area contributed by atoms with Crippen LogP contribution in [0.1, 0.15) is 31.4 Å². The lowest BCUT2D eigenvalue weighted by atomic mass is 9.92. The molecule has 12 heteroatoms. The van der Waals surface area contributed by atoms with Gasteiger partial charge in [0.25, 0.3) is 0 Å². The number of benzene rings is 1. The zero-order valence-electron chi connectivity index (χ0n) is 23.8. The molecule has 0 radical (unpaired) electrons. The van der Waals surface area contributed by atoms with Gasteiger partial charge >= 0.3 is 7.60 Å². The van der Waals surface area contributed by atoms with Gasteiger partial charge in [0, 0.05) is 34.5 Å². The summed E-state index contributed by atoms with van der Waals surface area (Å²) in [5.74, 6) is 2.37. The predicted molar refractivity (Wildman–Crippen MR) is 148 cm³/mol. The Labute approximate surface area is 231 Å². The second-order valence-corrected chi connectivity index (χ2v) is 11.9. The van der Waals surface area contributed by atoms with Crippen LogP contribution in [0.15, 0.2) is 36.4 Å². The van der Waals surface area contributed by atoms with Crippen molar-refractivity contribution < 1.29 is 47.9 Å². The summed E-state index contributed by atoms with van der Waals surface area (Å²) in [6, 6.07) is 5.03. The van der Waals surface area contributed by atoms with E-state index in [2.05, 4.69) is 11.9 Å². The summed E-state index contributed by atoms with van der Waals surface area (Å²) in [4.78, 5) is 11.5. The fourth-order valence-corrected chi connectivity index (χ4v) is 4.97. The van der Waals surface area contributed by atoms with Crippen LogP contribution in [0.4, 0.5) is 0 Å². The lowest BCUT2D eigenvalue weighted by molar-refractivity contribution is -0.0756. The van der Waals surface area contributed by atoms with Crippen LogP contribution in [0, 0.1) is 0 Å². The molecule has 2 unspecified atom stereocenters.